The molecule has 0 radical (unpaired) electrons. The van der Waals surface area contributed by atoms with Gasteiger partial charge < -0.3 is 9.47 Å². The molecule has 0 spiro atoms. The second-order valence-corrected chi connectivity index (χ2v) is 11.9. The van der Waals surface area contributed by atoms with Crippen molar-refractivity contribution in [2.75, 3.05) is 6.61 Å². The second-order valence-electron chi connectivity index (χ2n) is 9.23. The zero-order chi connectivity index (χ0) is 20.7. The molecule has 1 rings (SSSR count). The van der Waals surface area contributed by atoms with Gasteiger partial charge in [0.1, 0.15) is 10.5 Å². The van der Waals surface area contributed by atoms with Crippen molar-refractivity contribution in [3.8, 4) is 0 Å². The molecule has 0 heterocycles. The summed E-state index contributed by atoms with van der Waals surface area (Å²) in [6.07, 6.45) is 1.39. The molecule has 1 saturated carbocycles. The standard InChI is InChI=1S/C19H32O6S/c1-10-24-16(21)14-12(19(14,8)9)11-13(15(20)25-17(2,3)4)26(22,23)18(5,6)7/h11-12,14H,10H2,1-9H3. The number of ether oxygens (including phenoxy) is 2. The van der Waals surface area contributed by atoms with E-state index in [9.17, 15) is 18.0 Å². The fourth-order valence-electron chi connectivity index (χ4n) is 2.76. The Hall–Kier alpha value is -1.37. The van der Waals surface area contributed by atoms with Gasteiger partial charge in [0.2, 0.25) is 0 Å². The molecule has 0 aromatic rings. The van der Waals surface area contributed by atoms with Crippen molar-refractivity contribution < 1.29 is 27.5 Å². The molecule has 26 heavy (non-hydrogen) atoms. The molecule has 150 valence electrons. The van der Waals surface area contributed by atoms with Crippen LogP contribution in [-0.2, 0) is 28.9 Å². The van der Waals surface area contributed by atoms with Gasteiger partial charge in [-0.3, -0.25) is 4.79 Å². The Morgan fingerprint density at radius 3 is 1.96 bits per heavy atom. The van der Waals surface area contributed by atoms with E-state index < -0.39 is 43.4 Å². The van der Waals surface area contributed by atoms with Gasteiger partial charge >= 0.3 is 11.9 Å². The first-order chi connectivity index (χ1) is 11.5. The van der Waals surface area contributed by atoms with E-state index in [1.54, 1.807) is 27.7 Å². The largest absolute Gasteiger partial charge is 0.466 e. The molecule has 1 fully saturated rings. The maximum absolute atomic E-state index is 13.0. The minimum atomic E-state index is -3.94. The van der Waals surface area contributed by atoms with Crippen LogP contribution in [0.15, 0.2) is 11.0 Å². The van der Waals surface area contributed by atoms with Crippen LogP contribution in [-0.4, -0.2) is 37.3 Å². The predicted octanol–water partition coefficient (Wildman–Crippen LogP) is 3.26. The summed E-state index contributed by atoms with van der Waals surface area (Å²) in [5.74, 6) is -2.15. The van der Waals surface area contributed by atoms with E-state index in [2.05, 4.69) is 0 Å². The van der Waals surface area contributed by atoms with E-state index in [-0.39, 0.29) is 17.5 Å². The molecule has 0 saturated heterocycles. The van der Waals surface area contributed by atoms with Gasteiger partial charge in [-0.1, -0.05) is 19.9 Å². The van der Waals surface area contributed by atoms with Crippen LogP contribution in [0.1, 0.15) is 62.3 Å². The van der Waals surface area contributed by atoms with Crippen molar-refractivity contribution in [1.82, 2.24) is 0 Å². The van der Waals surface area contributed by atoms with Crippen molar-refractivity contribution in [2.24, 2.45) is 17.3 Å². The van der Waals surface area contributed by atoms with Gasteiger partial charge in [-0.25, -0.2) is 13.2 Å². The first-order valence-electron chi connectivity index (χ1n) is 8.83. The summed E-state index contributed by atoms with van der Waals surface area (Å²) in [6.45, 7) is 15.3. The number of esters is 2. The average Bonchev–Trinajstić information content (AvgIpc) is 2.93. The molecule has 7 heteroatoms. The van der Waals surface area contributed by atoms with Gasteiger partial charge in [-0.05, 0) is 59.8 Å². The van der Waals surface area contributed by atoms with Crippen LogP contribution in [0.4, 0.5) is 0 Å². The topological polar surface area (TPSA) is 86.7 Å². The molecule has 0 amide bonds. The van der Waals surface area contributed by atoms with Crippen molar-refractivity contribution in [2.45, 2.75) is 72.7 Å². The van der Waals surface area contributed by atoms with Gasteiger partial charge in [0.25, 0.3) is 0 Å². The summed E-state index contributed by atoms with van der Waals surface area (Å²) in [6, 6.07) is 0. The molecule has 2 atom stereocenters. The molecule has 0 aromatic carbocycles. The summed E-state index contributed by atoms with van der Waals surface area (Å²) in [5, 5.41) is 0. The van der Waals surface area contributed by atoms with Gasteiger partial charge in [-0.2, -0.15) is 0 Å². The Labute approximate surface area is 157 Å². The van der Waals surface area contributed by atoms with E-state index in [4.69, 9.17) is 9.47 Å². The van der Waals surface area contributed by atoms with E-state index >= 15 is 0 Å². The number of carbonyl (C=O) groups is 2. The maximum atomic E-state index is 13.0. The third kappa shape index (κ3) is 4.67. The van der Waals surface area contributed by atoms with Crippen LogP contribution in [0.25, 0.3) is 0 Å². The molecule has 6 nitrogen and oxygen atoms in total. The zero-order valence-electron chi connectivity index (χ0n) is 17.3. The van der Waals surface area contributed by atoms with E-state index in [1.165, 1.54) is 26.8 Å². The third-order valence-electron chi connectivity index (χ3n) is 4.48. The second kappa shape index (κ2) is 6.98. The van der Waals surface area contributed by atoms with Crippen molar-refractivity contribution >= 4 is 21.8 Å². The van der Waals surface area contributed by atoms with Crippen molar-refractivity contribution in [3.05, 3.63) is 11.0 Å². The lowest BCUT2D eigenvalue weighted by Crippen LogP contribution is -2.35. The Balaban J connectivity index is 3.37. The minimum Gasteiger partial charge on any atom is -0.466 e. The van der Waals surface area contributed by atoms with E-state index in [0.717, 1.165) is 0 Å². The van der Waals surface area contributed by atoms with Crippen LogP contribution in [0.5, 0.6) is 0 Å². The number of sulfone groups is 1. The van der Waals surface area contributed by atoms with Crippen LogP contribution in [0, 0.1) is 17.3 Å². The number of rotatable bonds is 5. The summed E-state index contributed by atoms with van der Waals surface area (Å²) in [4.78, 5) is 24.4. The van der Waals surface area contributed by atoms with Gasteiger partial charge in [0, 0.05) is 0 Å². The monoisotopic (exact) mass is 388 g/mol. The normalized spacial score (nSPS) is 23.3. The third-order valence-corrected chi connectivity index (χ3v) is 6.97. The fraction of sp³-hybridized carbons (Fsp3) is 0.789. The molecule has 0 bridgehead atoms. The first-order valence-corrected chi connectivity index (χ1v) is 10.3. The smallest absolute Gasteiger partial charge is 0.349 e. The Bertz CT molecular complexity index is 701. The Kier molecular flexibility index (Phi) is 6.09. The van der Waals surface area contributed by atoms with Crippen LogP contribution in [0.3, 0.4) is 0 Å². The fourth-order valence-corrected chi connectivity index (χ4v) is 4.01. The lowest BCUT2D eigenvalue weighted by atomic mass is 10.1. The number of hydrogen-bond acceptors (Lipinski definition) is 6. The summed E-state index contributed by atoms with van der Waals surface area (Å²) in [5.41, 5.74) is -1.31. The molecule has 0 N–H and O–H groups in total. The quantitative estimate of drug-likeness (QED) is 0.531. The summed E-state index contributed by atoms with van der Waals surface area (Å²) in [7, 11) is -3.94. The highest BCUT2D eigenvalue weighted by Gasteiger charge is 2.62. The molecular formula is C19H32O6S. The number of hydrogen-bond donors (Lipinski definition) is 0. The molecule has 2 unspecified atom stereocenters. The van der Waals surface area contributed by atoms with Crippen LogP contribution < -0.4 is 0 Å². The van der Waals surface area contributed by atoms with Gasteiger partial charge in [0.15, 0.2) is 9.84 Å². The Morgan fingerprint density at radius 2 is 1.58 bits per heavy atom. The molecule has 0 aliphatic heterocycles. The van der Waals surface area contributed by atoms with E-state index in [0.29, 0.717) is 0 Å². The van der Waals surface area contributed by atoms with Gasteiger partial charge in [-0.15, -0.1) is 0 Å². The number of allylic oxidation sites excluding steroid dienone is 1. The maximum Gasteiger partial charge on any atom is 0.349 e. The highest BCUT2D eigenvalue weighted by atomic mass is 32.2. The minimum absolute atomic E-state index is 0.251. The first kappa shape index (κ1) is 22.7. The molecule has 1 aliphatic rings. The Morgan fingerprint density at radius 1 is 1.08 bits per heavy atom. The van der Waals surface area contributed by atoms with E-state index in [1.807, 2.05) is 13.8 Å². The van der Waals surface area contributed by atoms with Crippen LogP contribution in [0.2, 0.25) is 0 Å². The SMILES string of the molecule is CCOC(=O)C1C(C=C(C(=O)OC(C)(C)C)S(=O)(=O)C(C)(C)C)C1(C)C. The zero-order valence-corrected chi connectivity index (χ0v) is 18.1. The van der Waals surface area contributed by atoms with Gasteiger partial charge in [0.05, 0.1) is 17.3 Å². The summed E-state index contributed by atoms with van der Waals surface area (Å²) < 4.78 is 35.2. The number of carbonyl (C=O) groups excluding carboxylic acids is 2. The molecule has 1 aliphatic carbocycles. The lowest BCUT2D eigenvalue weighted by Gasteiger charge is -2.24. The summed E-state index contributed by atoms with van der Waals surface area (Å²) >= 11 is 0. The molecular weight excluding hydrogens is 356 g/mol. The average molecular weight is 389 g/mol. The highest BCUT2D eigenvalue weighted by Crippen LogP contribution is 2.60. The van der Waals surface area contributed by atoms with Crippen molar-refractivity contribution in [1.29, 1.82) is 0 Å². The van der Waals surface area contributed by atoms with Crippen molar-refractivity contribution in [3.63, 3.8) is 0 Å². The van der Waals surface area contributed by atoms with Crippen LogP contribution >= 0.6 is 0 Å². The lowest BCUT2D eigenvalue weighted by molar-refractivity contribution is -0.149. The predicted molar refractivity (Wildman–Crippen MR) is 100.0 cm³/mol. The highest BCUT2D eigenvalue weighted by molar-refractivity contribution is 7.97. The molecule has 0 aromatic heterocycles.